The summed E-state index contributed by atoms with van der Waals surface area (Å²) in [5.74, 6) is 7.22. The van der Waals surface area contributed by atoms with Crippen molar-refractivity contribution in [3.63, 3.8) is 0 Å². The Morgan fingerprint density at radius 1 is 1.43 bits per heavy atom. The van der Waals surface area contributed by atoms with Gasteiger partial charge in [-0.05, 0) is 56.4 Å². The van der Waals surface area contributed by atoms with Gasteiger partial charge in [0.15, 0.2) is 0 Å². The number of halogens is 1. The second kappa shape index (κ2) is 6.36. The third kappa shape index (κ3) is 3.24. The second-order valence-electron chi connectivity index (χ2n) is 5.70. The molecule has 1 aromatic heterocycles. The van der Waals surface area contributed by atoms with Crippen molar-refractivity contribution >= 4 is 22.6 Å². The highest BCUT2D eigenvalue weighted by atomic mass is 35.5. The molecule has 1 aliphatic carbocycles. The molecule has 3 N–H and O–H groups in total. The molecule has 0 amide bonds. The molecule has 5 heteroatoms. The van der Waals surface area contributed by atoms with E-state index in [1.165, 1.54) is 0 Å². The lowest BCUT2D eigenvalue weighted by molar-refractivity contribution is -0.0296. The van der Waals surface area contributed by atoms with E-state index in [1.54, 1.807) is 0 Å². The molecule has 0 aliphatic heterocycles. The average Bonchev–Trinajstić information content (AvgIpc) is 2.83. The summed E-state index contributed by atoms with van der Waals surface area (Å²) in [6.45, 7) is 2.83. The van der Waals surface area contributed by atoms with E-state index < -0.39 is 0 Å². The summed E-state index contributed by atoms with van der Waals surface area (Å²) < 4.78 is 11.5. The van der Waals surface area contributed by atoms with Crippen LogP contribution in [0.5, 0.6) is 0 Å². The van der Waals surface area contributed by atoms with Crippen molar-refractivity contribution in [2.45, 2.75) is 38.3 Å². The molecule has 1 fully saturated rings. The molecule has 1 atom stereocenters. The van der Waals surface area contributed by atoms with Gasteiger partial charge in [-0.25, -0.2) is 5.43 Å². The summed E-state index contributed by atoms with van der Waals surface area (Å²) in [6.07, 6.45) is 3.61. The minimum atomic E-state index is 0.0313. The van der Waals surface area contributed by atoms with Gasteiger partial charge in [-0.1, -0.05) is 11.6 Å². The normalized spacial score (nSPS) is 23.2. The minimum Gasteiger partial charge on any atom is -0.459 e. The topological polar surface area (TPSA) is 60.4 Å². The third-order valence-electron chi connectivity index (χ3n) is 4.21. The SMILES string of the molecule is CCOC1CC(CC(NN)c2cc3cc(Cl)ccc3o2)C1. The van der Waals surface area contributed by atoms with Crippen LogP contribution in [0.15, 0.2) is 28.7 Å². The van der Waals surface area contributed by atoms with Gasteiger partial charge < -0.3 is 9.15 Å². The van der Waals surface area contributed by atoms with E-state index in [2.05, 4.69) is 5.43 Å². The number of nitrogens with one attached hydrogen (secondary N) is 1. The number of ether oxygens (including phenoxy) is 1. The number of fused-ring (bicyclic) bond motifs is 1. The molecular formula is C16H21ClN2O2. The lowest BCUT2D eigenvalue weighted by Gasteiger charge is -2.36. The Hall–Kier alpha value is -1.07. The Bertz CT molecular complexity index is 607. The zero-order valence-corrected chi connectivity index (χ0v) is 12.9. The minimum absolute atomic E-state index is 0.0313. The number of nitrogens with two attached hydrogens (primary N) is 1. The lowest BCUT2D eigenvalue weighted by Crippen LogP contribution is -2.36. The Balaban J connectivity index is 1.67. The molecule has 0 spiro atoms. The van der Waals surface area contributed by atoms with Crippen LogP contribution in [0.2, 0.25) is 5.02 Å². The molecule has 1 aliphatic rings. The van der Waals surface area contributed by atoms with Gasteiger partial charge in [0.2, 0.25) is 0 Å². The lowest BCUT2D eigenvalue weighted by atomic mass is 9.78. The van der Waals surface area contributed by atoms with Crippen molar-refractivity contribution in [1.29, 1.82) is 0 Å². The predicted octanol–water partition coefficient (Wildman–Crippen LogP) is 3.80. The van der Waals surface area contributed by atoms with Crippen LogP contribution in [0.25, 0.3) is 11.0 Å². The summed E-state index contributed by atoms with van der Waals surface area (Å²) in [7, 11) is 0. The van der Waals surface area contributed by atoms with E-state index in [9.17, 15) is 0 Å². The highest BCUT2D eigenvalue weighted by Crippen LogP contribution is 2.38. The first-order valence-electron chi connectivity index (χ1n) is 7.46. The third-order valence-corrected chi connectivity index (χ3v) is 4.44. The molecule has 1 unspecified atom stereocenters. The molecule has 2 aromatic rings. The second-order valence-corrected chi connectivity index (χ2v) is 6.14. The maximum Gasteiger partial charge on any atom is 0.134 e. The first-order chi connectivity index (χ1) is 10.2. The first-order valence-corrected chi connectivity index (χ1v) is 7.84. The molecule has 0 radical (unpaired) electrons. The van der Waals surface area contributed by atoms with Crippen LogP contribution >= 0.6 is 11.6 Å². The molecule has 21 heavy (non-hydrogen) atoms. The molecule has 1 heterocycles. The summed E-state index contributed by atoms with van der Waals surface area (Å²) in [4.78, 5) is 0. The van der Waals surface area contributed by atoms with Crippen LogP contribution in [0.4, 0.5) is 0 Å². The highest BCUT2D eigenvalue weighted by molar-refractivity contribution is 6.31. The molecule has 1 aromatic carbocycles. The Morgan fingerprint density at radius 2 is 2.24 bits per heavy atom. The number of hydrazine groups is 1. The zero-order valence-electron chi connectivity index (χ0n) is 12.1. The number of benzene rings is 1. The molecule has 114 valence electrons. The first kappa shape index (κ1) is 14.9. The van der Waals surface area contributed by atoms with Gasteiger partial charge in [-0.15, -0.1) is 0 Å². The van der Waals surface area contributed by atoms with E-state index in [-0.39, 0.29) is 6.04 Å². The van der Waals surface area contributed by atoms with Gasteiger partial charge in [-0.2, -0.15) is 0 Å². The largest absolute Gasteiger partial charge is 0.459 e. The van der Waals surface area contributed by atoms with Gasteiger partial charge in [-0.3, -0.25) is 5.84 Å². The van der Waals surface area contributed by atoms with Gasteiger partial charge in [0.25, 0.3) is 0 Å². The average molecular weight is 309 g/mol. The van der Waals surface area contributed by atoms with Crippen molar-refractivity contribution in [1.82, 2.24) is 5.43 Å². The van der Waals surface area contributed by atoms with Crippen LogP contribution in [-0.2, 0) is 4.74 Å². The van der Waals surface area contributed by atoms with Crippen LogP contribution in [0.1, 0.15) is 38.0 Å². The Morgan fingerprint density at radius 3 is 2.95 bits per heavy atom. The van der Waals surface area contributed by atoms with Crippen molar-refractivity contribution in [2.24, 2.45) is 11.8 Å². The van der Waals surface area contributed by atoms with Crippen LogP contribution in [0.3, 0.4) is 0 Å². The van der Waals surface area contributed by atoms with E-state index in [0.717, 1.165) is 42.6 Å². The maximum absolute atomic E-state index is 6.01. The fraction of sp³-hybridized carbons (Fsp3) is 0.500. The predicted molar refractivity (Wildman–Crippen MR) is 84.0 cm³/mol. The van der Waals surface area contributed by atoms with Crippen molar-refractivity contribution in [3.05, 3.63) is 35.0 Å². The van der Waals surface area contributed by atoms with E-state index >= 15 is 0 Å². The maximum atomic E-state index is 6.01. The van der Waals surface area contributed by atoms with Crippen LogP contribution < -0.4 is 11.3 Å². The number of rotatable bonds is 6. The quantitative estimate of drug-likeness (QED) is 0.629. The van der Waals surface area contributed by atoms with Gasteiger partial charge in [0.05, 0.1) is 12.1 Å². The monoisotopic (exact) mass is 308 g/mol. The molecule has 3 rings (SSSR count). The van der Waals surface area contributed by atoms with Crippen molar-refractivity contribution < 1.29 is 9.15 Å². The fourth-order valence-electron chi connectivity index (χ4n) is 3.04. The van der Waals surface area contributed by atoms with Gasteiger partial charge in [0, 0.05) is 17.0 Å². The highest BCUT2D eigenvalue weighted by Gasteiger charge is 2.32. The van der Waals surface area contributed by atoms with Crippen LogP contribution in [-0.4, -0.2) is 12.7 Å². The number of hydrogen-bond acceptors (Lipinski definition) is 4. The number of hydrogen-bond donors (Lipinski definition) is 2. The summed E-state index contributed by atoms with van der Waals surface area (Å²) in [6, 6.07) is 7.68. The van der Waals surface area contributed by atoms with E-state index in [1.807, 2.05) is 31.2 Å². The van der Waals surface area contributed by atoms with Gasteiger partial charge in [0.1, 0.15) is 11.3 Å². The molecular weight excluding hydrogens is 288 g/mol. The molecule has 0 bridgehead atoms. The summed E-state index contributed by atoms with van der Waals surface area (Å²) in [5, 5.41) is 1.73. The van der Waals surface area contributed by atoms with Gasteiger partial charge >= 0.3 is 0 Å². The molecule has 1 saturated carbocycles. The standard InChI is InChI=1S/C16H21ClN2O2/c1-2-20-13-5-10(6-13)7-14(19-18)16-9-11-8-12(17)3-4-15(11)21-16/h3-4,8-10,13-14,19H,2,5-7,18H2,1H3. The molecule has 0 saturated heterocycles. The molecule has 4 nitrogen and oxygen atoms in total. The zero-order chi connectivity index (χ0) is 14.8. The van der Waals surface area contributed by atoms with E-state index in [4.69, 9.17) is 26.6 Å². The smallest absolute Gasteiger partial charge is 0.134 e. The number of furan rings is 1. The Labute approximate surface area is 129 Å². The Kier molecular flexibility index (Phi) is 4.50. The summed E-state index contributed by atoms with van der Waals surface area (Å²) in [5.41, 5.74) is 3.72. The fourth-order valence-corrected chi connectivity index (χ4v) is 3.23. The van der Waals surface area contributed by atoms with Crippen molar-refractivity contribution in [3.8, 4) is 0 Å². The van der Waals surface area contributed by atoms with Crippen molar-refractivity contribution in [2.75, 3.05) is 6.61 Å². The van der Waals surface area contributed by atoms with Crippen LogP contribution in [0, 0.1) is 5.92 Å². The van der Waals surface area contributed by atoms with E-state index in [0.29, 0.717) is 17.0 Å². The summed E-state index contributed by atoms with van der Waals surface area (Å²) >= 11 is 6.01.